The molecular weight excluding hydrogens is 388 g/mol. The minimum atomic E-state index is 0.240. The summed E-state index contributed by atoms with van der Waals surface area (Å²) < 4.78 is 11.2. The summed E-state index contributed by atoms with van der Waals surface area (Å²) in [6, 6.07) is 16.7. The second-order valence-corrected chi connectivity index (χ2v) is 7.98. The van der Waals surface area contributed by atoms with E-state index in [0.29, 0.717) is 5.92 Å². The molecule has 0 spiro atoms. The van der Waals surface area contributed by atoms with Crippen LogP contribution in [0.4, 0.5) is 0 Å². The van der Waals surface area contributed by atoms with E-state index >= 15 is 0 Å². The molecule has 31 heavy (non-hydrogen) atoms. The molecule has 1 fully saturated rings. The Kier molecular flexibility index (Phi) is 8.59. The summed E-state index contributed by atoms with van der Waals surface area (Å²) in [5, 5.41) is 7.02. The second kappa shape index (κ2) is 11.6. The van der Waals surface area contributed by atoms with Gasteiger partial charge >= 0.3 is 0 Å². The first-order valence-electron chi connectivity index (χ1n) is 11.1. The average molecular weight is 425 g/mol. The number of guanidine groups is 1. The number of nitrogens with zero attached hydrogens (tertiary/aromatic N) is 2. The molecule has 0 aliphatic carbocycles. The third-order valence-electron chi connectivity index (χ3n) is 6.01. The first kappa shape index (κ1) is 22.9. The molecule has 2 unspecified atom stereocenters. The maximum atomic E-state index is 5.66. The summed E-state index contributed by atoms with van der Waals surface area (Å²) >= 11 is 0. The molecule has 2 aromatic rings. The molecule has 1 aliphatic rings. The lowest BCUT2D eigenvalue weighted by Crippen LogP contribution is -2.43. The van der Waals surface area contributed by atoms with Crippen molar-refractivity contribution in [1.29, 1.82) is 0 Å². The first-order valence-corrected chi connectivity index (χ1v) is 11.1. The largest absolute Gasteiger partial charge is 0.496 e. The Morgan fingerprint density at radius 2 is 1.45 bits per heavy atom. The lowest BCUT2D eigenvalue weighted by molar-refractivity contribution is 0.239. The summed E-state index contributed by atoms with van der Waals surface area (Å²) in [6.07, 6.45) is 2.49. The number of aliphatic imine (C=N–C) groups is 1. The summed E-state index contributed by atoms with van der Waals surface area (Å²) in [5.41, 5.74) is 2.41. The maximum Gasteiger partial charge on any atom is 0.191 e. The van der Waals surface area contributed by atoms with Gasteiger partial charge in [0.1, 0.15) is 11.5 Å². The third-order valence-corrected chi connectivity index (χ3v) is 6.01. The minimum absolute atomic E-state index is 0.240. The van der Waals surface area contributed by atoms with Gasteiger partial charge in [-0.15, -0.1) is 0 Å². The SMILES string of the molecule is CN=C(NCC(C)c1ccccc1OC)NCC(c1ccccc1OC)N1CCCC1. The Morgan fingerprint density at radius 1 is 0.903 bits per heavy atom. The van der Waals surface area contributed by atoms with E-state index in [9.17, 15) is 0 Å². The van der Waals surface area contributed by atoms with Crippen LogP contribution in [0.3, 0.4) is 0 Å². The number of rotatable bonds is 9. The molecule has 6 heteroatoms. The van der Waals surface area contributed by atoms with Crippen molar-refractivity contribution in [2.45, 2.75) is 31.7 Å². The molecule has 6 nitrogen and oxygen atoms in total. The van der Waals surface area contributed by atoms with Gasteiger partial charge in [-0.3, -0.25) is 9.89 Å². The molecule has 1 saturated heterocycles. The molecule has 1 aliphatic heterocycles. The number of methoxy groups -OCH3 is 2. The van der Waals surface area contributed by atoms with Gasteiger partial charge in [0.25, 0.3) is 0 Å². The van der Waals surface area contributed by atoms with Crippen LogP contribution in [0.5, 0.6) is 11.5 Å². The molecule has 0 amide bonds. The van der Waals surface area contributed by atoms with E-state index in [-0.39, 0.29) is 6.04 Å². The van der Waals surface area contributed by atoms with Gasteiger partial charge < -0.3 is 20.1 Å². The van der Waals surface area contributed by atoms with Crippen LogP contribution in [0, 0.1) is 0 Å². The van der Waals surface area contributed by atoms with Gasteiger partial charge in [0.15, 0.2) is 5.96 Å². The fourth-order valence-corrected chi connectivity index (χ4v) is 4.28. The molecule has 0 bridgehead atoms. The number of para-hydroxylation sites is 2. The minimum Gasteiger partial charge on any atom is -0.496 e. The number of likely N-dealkylation sites (tertiary alicyclic amines) is 1. The van der Waals surface area contributed by atoms with E-state index in [0.717, 1.165) is 43.6 Å². The van der Waals surface area contributed by atoms with Crippen LogP contribution in [0.25, 0.3) is 0 Å². The quantitative estimate of drug-likeness (QED) is 0.474. The van der Waals surface area contributed by atoms with E-state index in [1.54, 1.807) is 14.2 Å². The summed E-state index contributed by atoms with van der Waals surface area (Å²) in [7, 11) is 5.28. The molecular formula is C25H36N4O2. The van der Waals surface area contributed by atoms with Crippen molar-refractivity contribution < 1.29 is 9.47 Å². The predicted molar refractivity (Wildman–Crippen MR) is 127 cm³/mol. The van der Waals surface area contributed by atoms with E-state index < -0.39 is 0 Å². The Labute approximate surface area is 186 Å². The molecule has 1 heterocycles. The van der Waals surface area contributed by atoms with Gasteiger partial charge in [-0.05, 0) is 43.6 Å². The average Bonchev–Trinajstić information content (AvgIpc) is 3.35. The van der Waals surface area contributed by atoms with Crippen LogP contribution < -0.4 is 20.1 Å². The van der Waals surface area contributed by atoms with Crippen molar-refractivity contribution >= 4 is 5.96 Å². The summed E-state index contributed by atoms with van der Waals surface area (Å²) in [5.74, 6) is 2.96. The highest BCUT2D eigenvalue weighted by molar-refractivity contribution is 5.79. The Balaban J connectivity index is 1.64. The van der Waals surface area contributed by atoms with E-state index in [2.05, 4.69) is 51.7 Å². The zero-order chi connectivity index (χ0) is 22.1. The normalized spacial score (nSPS) is 16.6. The van der Waals surface area contributed by atoms with Crippen LogP contribution in [0.1, 0.15) is 42.9 Å². The van der Waals surface area contributed by atoms with Crippen molar-refractivity contribution in [2.75, 3.05) is 47.4 Å². The molecule has 0 aromatic heterocycles. The van der Waals surface area contributed by atoms with Gasteiger partial charge in [0, 0.05) is 31.6 Å². The van der Waals surface area contributed by atoms with E-state index in [1.165, 1.54) is 24.0 Å². The van der Waals surface area contributed by atoms with Gasteiger partial charge in [0.2, 0.25) is 0 Å². The topological polar surface area (TPSA) is 58.1 Å². The highest BCUT2D eigenvalue weighted by Crippen LogP contribution is 2.31. The van der Waals surface area contributed by atoms with Crippen molar-refractivity contribution in [3.05, 3.63) is 59.7 Å². The third kappa shape index (κ3) is 5.91. The number of nitrogens with one attached hydrogen (secondary N) is 2. The standard InChI is InChI=1S/C25H36N4O2/c1-19(20-11-5-7-13-23(20)30-3)17-27-25(26-2)28-18-22(29-15-9-10-16-29)21-12-6-8-14-24(21)31-4/h5-8,11-14,19,22H,9-10,15-18H2,1-4H3,(H2,26,27,28). The van der Waals surface area contributed by atoms with Crippen molar-refractivity contribution in [1.82, 2.24) is 15.5 Å². The molecule has 0 saturated carbocycles. The van der Waals surface area contributed by atoms with Crippen LogP contribution in [0.2, 0.25) is 0 Å². The van der Waals surface area contributed by atoms with Crippen molar-refractivity contribution in [3.8, 4) is 11.5 Å². The Hall–Kier alpha value is -2.73. The fourth-order valence-electron chi connectivity index (χ4n) is 4.28. The number of benzene rings is 2. The number of ether oxygens (including phenoxy) is 2. The van der Waals surface area contributed by atoms with Gasteiger partial charge in [-0.2, -0.15) is 0 Å². The molecule has 2 atom stereocenters. The zero-order valence-electron chi connectivity index (χ0n) is 19.2. The smallest absolute Gasteiger partial charge is 0.191 e. The highest BCUT2D eigenvalue weighted by atomic mass is 16.5. The van der Waals surface area contributed by atoms with E-state index in [1.807, 2.05) is 31.3 Å². The predicted octanol–water partition coefficient (Wildman–Crippen LogP) is 3.81. The summed E-state index contributed by atoms with van der Waals surface area (Å²) in [4.78, 5) is 6.98. The monoisotopic (exact) mass is 424 g/mol. The van der Waals surface area contributed by atoms with Crippen LogP contribution in [0.15, 0.2) is 53.5 Å². The molecule has 0 radical (unpaired) electrons. The molecule has 168 valence electrons. The van der Waals surface area contributed by atoms with Gasteiger partial charge in [-0.1, -0.05) is 43.3 Å². The molecule has 3 rings (SSSR count). The van der Waals surface area contributed by atoms with Crippen molar-refractivity contribution in [3.63, 3.8) is 0 Å². The highest BCUT2D eigenvalue weighted by Gasteiger charge is 2.26. The lowest BCUT2D eigenvalue weighted by atomic mass is 10.0. The lowest BCUT2D eigenvalue weighted by Gasteiger charge is -2.30. The van der Waals surface area contributed by atoms with Gasteiger partial charge in [-0.25, -0.2) is 0 Å². The van der Waals surface area contributed by atoms with Crippen LogP contribution in [-0.2, 0) is 0 Å². The maximum absolute atomic E-state index is 5.66. The zero-order valence-corrected chi connectivity index (χ0v) is 19.2. The van der Waals surface area contributed by atoms with Crippen LogP contribution in [-0.4, -0.2) is 58.3 Å². The second-order valence-electron chi connectivity index (χ2n) is 7.98. The van der Waals surface area contributed by atoms with Gasteiger partial charge in [0.05, 0.1) is 20.3 Å². The molecule has 2 N–H and O–H groups in total. The number of hydrogen-bond donors (Lipinski definition) is 2. The van der Waals surface area contributed by atoms with Crippen molar-refractivity contribution in [2.24, 2.45) is 4.99 Å². The Bertz CT molecular complexity index is 849. The molecule has 2 aromatic carbocycles. The van der Waals surface area contributed by atoms with Crippen LogP contribution >= 0.6 is 0 Å². The first-order chi connectivity index (χ1) is 15.2. The summed E-state index contributed by atoms with van der Waals surface area (Å²) in [6.45, 7) is 5.95. The van der Waals surface area contributed by atoms with E-state index in [4.69, 9.17) is 9.47 Å². The fraction of sp³-hybridized carbons (Fsp3) is 0.480. The number of hydrogen-bond acceptors (Lipinski definition) is 4. The Morgan fingerprint density at radius 3 is 2.06 bits per heavy atom.